The van der Waals surface area contributed by atoms with Gasteiger partial charge in [-0.1, -0.05) is 37.6 Å². The molecule has 0 spiro atoms. The number of hydrogen-bond donors (Lipinski definition) is 0. The van der Waals surface area contributed by atoms with Crippen molar-refractivity contribution in [2.24, 2.45) is 11.8 Å². The fourth-order valence-corrected chi connectivity index (χ4v) is 6.33. The second-order valence-corrected chi connectivity index (χ2v) is 10.4. The molecule has 3 aliphatic rings. The van der Waals surface area contributed by atoms with Crippen molar-refractivity contribution in [3.63, 3.8) is 0 Å². The van der Waals surface area contributed by atoms with Crippen LogP contribution in [-0.2, 0) is 20.3 Å². The first-order chi connectivity index (χ1) is 19.6. The van der Waals surface area contributed by atoms with Gasteiger partial charge in [0.1, 0.15) is 5.75 Å². The summed E-state index contributed by atoms with van der Waals surface area (Å²) in [5.41, 5.74) is 1.84. The van der Waals surface area contributed by atoms with Crippen LogP contribution < -0.4 is 4.74 Å². The Labute approximate surface area is 236 Å². The van der Waals surface area contributed by atoms with Crippen LogP contribution in [0.2, 0.25) is 0 Å². The number of ether oxygens (including phenoxy) is 2. The minimum Gasteiger partial charge on any atom is -0.497 e. The molecular formula is C32H40N4O4. The average molecular weight is 545 g/mol. The van der Waals surface area contributed by atoms with Crippen molar-refractivity contribution in [1.82, 2.24) is 20.1 Å². The summed E-state index contributed by atoms with van der Waals surface area (Å²) in [5.74, 6) is 1.21. The van der Waals surface area contributed by atoms with Gasteiger partial charge in [0.05, 0.1) is 37.7 Å². The smallest absolute Gasteiger partial charge is 0.244 e. The number of methoxy groups -OCH3 is 1. The molecule has 0 radical (unpaired) electrons. The van der Waals surface area contributed by atoms with E-state index in [1.165, 1.54) is 12.8 Å². The first-order valence-electron chi connectivity index (χ1n) is 14.4. The first-order valence-corrected chi connectivity index (χ1v) is 14.4. The maximum absolute atomic E-state index is 6.50. The van der Waals surface area contributed by atoms with Crippen LogP contribution >= 0.6 is 0 Å². The number of fused-ring (bicyclic) bond motifs is 5. The van der Waals surface area contributed by atoms with Crippen LogP contribution in [0.4, 0.5) is 0 Å². The summed E-state index contributed by atoms with van der Waals surface area (Å²) in [6, 6.07) is 16.0. The summed E-state index contributed by atoms with van der Waals surface area (Å²) >= 11 is 0. The second-order valence-electron chi connectivity index (χ2n) is 10.4. The van der Waals surface area contributed by atoms with E-state index in [1.807, 2.05) is 68.6 Å². The number of nitrogens with zero attached hydrogens (tertiary/aromatic N) is 4. The van der Waals surface area contributed by atoms with Gasteiger partial charge in [-0.15, -0.1) is 0 Å². The van der Waals surface area contributed by atoms with E-state index in [4.69, 9.17) is 19.2 Å². The molecule has 0 amide bonds. The van der Waals surface area contributed by atoms with E-state index in [0.29, 0.717) is 19.1 Å². The van der Waals surface area contributed by atoms with Crippen LogP contribution in [0.5, 0.6) is 5.75 Å². The Morgan fingerprint density at radius 1 is 0.975 bits per heavy atom. The minimum atomic E-state index is -1.02. The number of rotatable bonds is 9. The van der Waals surface area contributed by atoms with E-state index in [1.54, 1.807) is 19.5 Å². The lowest BCUT2D eigenvalue weighted by atomic mass is 9.71. The standard InChI is InChI=1S/C24H34N2O4.C8H6N2/c1-5-17-16-26-13-11-18(17)14-23(26)24(28-6-2,30-29-7-3)21-10-12-25-22-9-8-19(27-4)15-20(21)22;1-2-4-8-6-10-9-5-7(8)3-1/h8-10,12,15,17-18,23H,5-7,11,13-14,16H2,1-4H3;1-6H/t17-,18-,23+,24-;/m0./s1. The highest BCUT2D eigenvalue weighted by Crippen LogP contribution is 2.48. The molecule has 3 fully saturated rings. The first kappa shape index (κ1) is 28.4. The molecule has 8 heteroatoms. The van der Waals surface area contributed by atoms with Crippen molar-refractivity contribution in [2.45, 2.75) is 51.9 Å². The summed E-state index contributed by atoms with van der Waals surface area (Å²) in [6.07, 6.45) is 8.86. The lowest BCUT2D eigenvalue weighted by Crippen LogP contribution is -2.62. The zero-order valence-corrected chi connectivity index (χ0v) is 24.0. The van der Waals surface area contributed by atoms with Crippen LogP contribution in [-0.4, -0.2) is 59.5 Å². The third-order valence-corrected chi connectivity index (χ3v) is 8.29. The van der Waals surface area contributed by atoms with Crippen molar-refractivity contribution < 1.29 is 19.2 Å². The van der Waals surface area contributed by atoms with E-state index >= 15 is 0 Å². The van der Waals surface area contributed by atoms with Gasteiger partial charge in [0.25, 0.3) is 0 Å². The monoisotopic (exact) mass is 544 g/mol. The van der Waals surface area contributed by atoms with Gasteiger partial charge in [-0.2, -0.15) is 15.1 Å². The molecule has 2 aromatic carbocycles. The zero-order valence-electron chi connectivity index (χ0n) is 24.0. The van der Waals surface area contributed by atoms with Gasteiger partial charge in [0, 0.05) is 41.1 Å². The van der Waals surface area contributed by atoms with E-state index in [0.717, 1.165) is 58.4 Å². The molecule has 212 valence electrons. The molecule has 3 saturated heterocycles. The number of pyridine rings is 1. The molecule has 40 heavy (non-hydrogen) atoms. The summed E-state index contributed by atoms with van der Waals surface area (Å²) in [4.78, 5) is 19.0. The predicted octanol–water partition coefficient (Wildman–Crippen LogP) is 6.15. The summed E-state index contributed by atoms with van der Waals surface area (Å²) < 4.78 is 12.0. The number of piperidine rings is 3. The predicted molar refractivity (Wildman–Crippen MR) is 156 cm³/mol. The lowest BCUT2D eigenvalue weighted by Gasteiger charge is -2.55. The third kappa shape index (κ3) is 5.67. The molecule has 1 unspecified atom stereocenters. The Bertz CT molecular complexity index is 1340. The molecular weight excluding hydrogens is 504 g/mol. The Kier molecular flexibility index (Phi) is 9.22. The van der Waals surface area contributed by atoms with Gasteiger partial charge in [0.2, 0.25) is 5.79 Å². The minimum absolute atomic E-state index is 0.0855. The van der Waals surface area contributed by atoms with Crippen LogP contribution in [0.25, 0.3) is 21.7 Å². The Balaban J connectivity index is 0.000000269. The zero-order chi connectivity index (χ0) is 28.0. The molecule has 5 heterocycles. The Hall–Kier alpha value is -3.17. The highest BCUT2D eigenvalue weighted by Gasteiger charge is 2.54. The van der Waals surface area contributed by atoms with E-state index < -0.39 is 5.79 Å². The van der Waals surface area contributed by atoms with Crippen LogP contribution in [0.3, 0.4) is 0 Å². The van der Waals surface area contributed by atoms with Gasteiger partial charge in [-0.25, -0.2) is 4.89 Å². The highest BCUT2D eigenvalue weighted by molar-refractivity contribution is 5.84. The fraction of sp³-hybridized carbons (Fsp3) is 0.469. The molecule has 7 rings (SSSR count). The van der Waals surface area contributed by atoms with Gasteiger partial charge < -0.3 is 9.47 Å². The fourth-order valence-electron chi connectivity index (χ4n) is 6.33. The second kappa shape index (κ2) is 13.0. The third-order valence-electron chi connectivity index (χ3n) is 8.29. The van der Waals surface area contributed by atoms with E-state index in [9.17, 15) is 0 Å². The van der Waals surface area contributed by atoms with E-state index in [-0.39, 0.29) is 6.04 Å². The summed E-state index contributed by atoms with van der Waals surface area (Å²) in [6.45, 7) is 9.38. The van der Waals surface area contributed by atoms with Crippen molar-refractivity contribution in [2.75, 3.05) is 33.4 Å². The molecule has 3 aliphatic heterocycles. The molecule has 2 aromatic heterocycles. The number of aromatic nitrogens is 3. The SMILES string of the molecule is CCOO[C@@](OCC)(c1ccnc2ccc(OC)cc12)[C@H]1C[C@@H]2CCN1C[C@@H]2CC.c1ccc2cnncc2c1. The van der Waals surface area contributed by atoms with Crippen molar-refractivity contribution in [1.29, 1.82) is 0 Å². The molecule has 0 aliphatic carbocycles. The normalized spacial score (nSPS) is 23.4. The number of hydrogen-bond acceptors (Lipinski definition) is 8. The van der Waals surface area contributed by atoms with Gasteiger partial charge in [-0.05, 0) is 69.3 Å². The van der Waals surface area contributed by atoms with Gasteiger partial charge in [-0.3, -0.25) is 9.88 Å². The number of benzene rings is 2. The molecule has 8 nitrogen and oxygen atoms in total. The quantitative estimate of drug-likeness (QED) is 0.141. The molecule has 5 atom stereocenters. The van der Waals surface area contributed by atoms with Crippen molar-refractivity contribution >= 4 is 21.7 Å². The maximum Gasteiger partial charge on any atom is 0.244 e. The average Bonchev–Trinajstić information content (AvgIpc) is 3.03. The summed E-state index contributed by atoms with van der Waals surface area (Å²) in [7, 11) is 1.68. The van der Waals surface area contributed by atoms with Crippen LogP contribution in [0, 0.1) is 11.8 Å². The maximum atomic E-state index is 6.50. The Morgan fingerprint density at radius 3 is 2.38 bits per heavy atom. The highest BCUT2D eigenvalue weighted by atomic mass is 17.2. The van der Waals surface area contributed by atoms with Crippen LogP contribution in [0.15, 0.2) is 67.1 Å². The van der Waals surface area contributed by atoms with Crippen molar-refractivity contribution in [3.8, 4) is 5.75 Å². The lowest BCUT2D eigenvalue weighted by molar-refractivity contribution is -0.453. The molecule has 2 bridgehead atoms. The Morgan fingerprint density at radius 2 is 1.75 bits per heavy atom. The molecule has 4 aromatic rings. The largest absolute Gasteiger partial charge is 0.497 e. The molecule has 0 N–H and O–H groups in total. The molecule has 0 saturated carbocycles. The topological polar surface area (TPSA) is 78.8 Å². The van der Waals surface area contributed by atoms with Gasteiger partial charge in [0.15, 0.2) is 0 Å². The van der Waals surface area contributed by atoms with Gasteiger partial charge >= 0.3 is 0 Å². The van der Waals surface area contributed by atoms with E-state index in [2.05, 4.69) is 27.0 Å². The van der Waals surface area contributed by atoms with Crippen LogP contribution in [0.1, 0.15) is 45.6 Å². The summed E-state index contributed by atoms with van der Waals surface area (Å²) in [5, 5.41) is 10.8. The van der Waals surface area contributed by atoms with Crippen molar-refractivity contribution in [3.05, 3.63) is 72.7 Å².